The van der Waals surface area contributed by atoms with Gasteiger partial charge in [0.05, 0.1) is 17.3 Å². The van der Waals surface area contributed by atoms with Crippen molar-refractivity contribution in [3.05, 3.63) is 66.4 Å². The molecule has 0 aliphatic heterocycles. The molecule has 0 saturated carbocycles. The maximum atomic E-state index is 8.97. The van der Waals surface area contributed by atoms with Gasteiger partial charge in [-0.25, -0.2) is 9.97 Å². The second kappa shape index (κ2) is 5.43. The van der Waals surface area contributed by atoms with Gasteiger partial charge >= 0.3 is 0 Å². The molecular formula is C17H12N4. The van der Waals surface area contributed by atoms with Crippen molar-refractivity contribution in [1.29, 1.82) is 5.26 Å². The molecule has 0 aliphatic rings. The minimum atomic E-state index is 0.588. The zero-order chi connectivity index (χ0) is 14.7. The van der Waals surface area contributed by atoms with E-state index >= 15 is 0 Å². The highest BCUT2D eigenvalue weighted by atomic mass is 14.9. The maximum Gasteiger partial charge on any atom is 0.159 e. The molecule has 0 radical (unpaired) electrons. The van der Waals surface area contributed by atoms with E-state index in [1.54, 1.807) is 18.3 Å². The first-order valence-electron chi connectivity index (χ1n) is 6.46. The molecule has 0 amide bonds. The Morgan fingerprint density at radius 1 is 0.952 bits per heavy atom. The third-order valence-electron chi connectivity index (χ3n) is 3.09. The van der Waals surface area contributed by atoms with Crippen molar-refractivity contribution in [1.82, 2.24) is 9.97 Å². The Morgan fingerprint density at radius 2 is 1.76 bits per heavy atom. The summed E-state index contributed by atoms with van der Waals surface area (Å²) in [5.41, 5.74) is 9.65. The Bertz CT molecular complexity index is 834. The minimum absolute atomic E-state index is 0.588. The van der Waals surface area contributed by atoms with Crippen LogP contribution in [0.5, 0.6) is 0 Å². The van der Waals surface area contributed by atoms with Gasteiger partial charge in [-0.15, -0.1) is 0 Å². The van der Waals surface area contributed by atoms with Crippen molar-refractivity contribution >= 4 is 5.69 Å². The van der Waals surface area contributed by atoms with Crippen molar-refractivity contribution in [2.24, 2.45) is 0 Å². The van der Waals surface area contributed by atoms with Crippen LogP contribution in [0.1, 0.15) is 5.56 Å². The summed E-state index contributed by atoms with van der Waals surface area (Å²) in [7, 11) is 0. The first-order valence-corrected chi connectivity index (χ1v) is 6.46. The van der Waals surface area contributed by atoms with Gasteiger partial charge in [0.15, 0.2) is 5.82 Å². The number of hydrogen-bond donors (Lipinski definition) is 1. The van der Waals surface area contributed by atoms with E-state index in [1.165, 1.54) is 0 Å². The quantitative estimate of drug-likeness (QED) is 0.726. The molecule has 0 fully saturated rings. The highest BCUT2D eigenvalue weighted by Crippen LogP contribution is 2.22. The lowest BCUT2D eigenvalue weighted by Gasteiger charge is -2.05. The van der Waals surface area contributed by atoms with E-state index in [0.29, 0.717) is 17.1 Å². The number of nitrogen functional groups attached to an aromatic ring is 1. The van der Waals surface area contributed by atoms with Crippen molar-refractivity contribution in [2.45, 2.75) is 0 Å². The Hall–Kier alpha value is -3.19. The molecule has 4 heteroatoms. The van der Waals surface area contributed by atoms with Gasteiger partial charge < -0.3 is 5.73 Å². The molecule has 0 saturated heterocycles. The van der Waals surface area contributed by atoms with Crippen LogP contribution in [0.3, 0.4) is 0 Å². The largest absolute Gasteiger partial charge is 0.399 e. The Kier molecular flexibility index (Phi) is 3.32. The summed E-state index contributed by atoms with van der Waals surface area (Å²) in [5, 5.41) is 8.97. The third kappa shape index (κ3) is 2.72. The summed E-state index contributed by atoms with van der Waals surface area (Å²) in [6.07, 6.45) is 1.71. The van der Waals surface area contributed by atoms with Gasteiger partial charge in [-0.2, -0.15) is 5.26 Å². The van der Waals surface area contributed by atoms with Crippen molar-refractivity contribution < 1.29 is 0 Å². The smallest absolute Gasteiger partial charge is 0.159 e. The van der Waals surface area contributed by atoms with Crippen LogP contribution in [0, 0.1) is 11.3 Å². The fourth-order valence-electron chi connectivity index (χ4n) is 2.08. The number of nitrogens with two attached hydrogens (primary N) is 1. The monoisotopic (exact) mass is 272 g/mol. The number of hydrogen-bond acceptors (Lipinski definition) is 4. The zero-order valence-electron chi connectivity index (χ0n) is 11.2. The lowest BCUT2D eigenvalue weighted by atomic mass is 10.1. The third-order valence-corrected chi connectivity index (χ3v) is 3.09. The first-order chi connectivity index (χ1) is 10.3. The highest BCUT2D eigenvalue weighted by Gasteiger charge is 2.05. The molecule has 0 unspecified atom stereocenters. The van der Waals surface area contributed by atoms with E-state index < -0.39 is 0 Å². The molecule has 3 rings (SSSR count). The van der Waals surface area contributed by atoms with Crippen molar-refractivity contribution in [3.8, 4) is 28.7 Å². The summed E-state index contributed by atoms with van der Waals surface area (Å²) in [4.78, 5) is 8.83. The standard InChI is InChI=1S/C17H12N4/c18-11-12-3-1-5-14(9-12)17-20-8-7-16(21-17)13-4-2-6-15(19)10-13/h1-10H,19H2. The Labute approximate surface area is 122 Å². The number of nitriles is 1. The molecule has 21 heavy (non-hydrogen) atoms. The zero-order valence-corrected chi connectivity index (χ0v) is 11.2. The molecule has 2 aromatic carbocycles. The maximum absolute atomic E-state index is 8.97. The average molecular weight is 272 g/mol. The molecule has 1 aromatic heterocycles. The molecule has 0 atom stereocenters. The summed E-state index contributed by atoms with van der Waals surface area (Å²) >= 11 is 0. The van der Waals surface area contributed by atoms with Crippen LogP contribution in [-0.4, -0.2) is 9.97 Å². The molecule has 1 heterocycles. The second-order valence-corrected chi connectivity index (χ2v) is 4.58. The van der Waals surface area contributed by atoms with Crippen molar-refractivity contribution in [2.75, 3.05) is 5.73 Å². The van der Waals surface area contributed by atoms with E-state index in [4.69, 9.17) is 11.0 Å². The molecule has 2 N–H and O–H groups in total. The van der Waals surface area contributed by atoms with E-state index in [0.717, 1.165) is 16.8 Å². The lowest BCUT2D eigenvalue weighted by Crippen LogP contribution is -1.93. The first kappa shape index (κ1) is 12.8. The van der Waals surface area contributed by atoms with Gasteiger partial charge in [0.25, 0.3) is 0 Å². The van der Waals surface area contributed by atoms with E-state index in [9.17, 15) is 0 Å². The predicted octanol–water partition coefficient (Wildman–Crippen LogP) is 3.26. The Morgan fingerprint density at radius 3 is 2.57 bits per heavy atom. The van der Waals surface area contributed by atoms with Crippen LogP contribution in [0.25, 0.3) is 22.6 Å². The van der Waals surface area contributed by atoms with E-state index in [2.05, 4.69) is 16.0 Å². The fraction of sp³-hybridized carbons (Fsp3) is 0. The minimum Gasteiger partial charge on any atom is -0.399 e. The van der Waals surface area contributed by atoms with Crippen LogP contribution >= 0.6 is 0 Å². The van der Waals surface area contributed by atoms with Gasteiger partial charge in [-0.3, -0.25) is 0 Å². The summed E-state index contributed by atoms with van der Waals surface area (Å²) in [5.74, 6) is 0.590. The van der Waals surface area contributed by atoms with Crippen LogP contribution in [0.2, 0.25) is 0 Å². The molecule has 100 valence electrons. The van der Waals surface area contributed by atoms with Crippen LogP contribution < -0.4 is 5.73 Å². The molecule has 0 spiro atoms. The number of nitrogens with zero attached hydrogens (tertiary/aromatic N) is 3. The average Bonchev–Trinajstić information content (AvgIpc) is 2.55. The lowest BCUT2D eigenvalue weighted by molar-refractivity contribution is 1.18. The summed E-state index contributed by atoms with van der Waals surface area (Å²) < 4.78 is 0. The highest BCUT2D eigenvalue weighted by molar-refractivity contribution is 5.66. The molecule has 0 bridgehead atoms. The van der Waals surface area contributed by atoms with E-state index in [1.807, 2.05) is 42.5 Å². The van der Waals surface area contributed by atoms with Crippen molar-refractivity contribution in [3.63, 3.8) is 0 Å². The van der Waals surface area contributed by atoms with Gasteiger partial charge in [-0.1, -0.05) is 24.3 Å². The molecule has 0 aliphatic carbocycles. The van der Waals surface area contributed by atoms with Crippen LogP contribution in [0.15, 0.2) is 60.8 Å². The number of benzene rings is 2. The fourth-order valence-corrected chi connectivity index (χ4v) is 2.08. The Balaban J connectivity index is 2.06. The molecular weight excluding hydrogens is 260 g/mol. The SMILES string of the molecule is N#Cc1cccc(-c2nccc(-c3cccc(N)c3)n2)c1. The molecule has 4 nitrogen and oxygen atoms in total. The number of aromatic nitrogens is 2. The normalized spacial score (nSPS) is 10.0. The predicted molar refractivity (Wildman–Crippen MR) is 82.0 cm³/mol. The topological polar surface area (TPSA) is 75.6 Å². The van der Waals surface area contributed by atoms with Gasteiger partial charge in [-0.05, 0) is 30.3 Å². The molecule has 3 aromatic rings. The second-order valence-electron chi connectivity index (χ2n) is 4.58. The van der Waals surface area contributed by atoms with Gasteiger partial charge in [0.1, 0.15) is 0 Å². The summed E-state index contributed by atoms with van der Waals surface area (Å²) in [6, 6.07) is 18.8. The number of rotatable bonds is 2. The van der Waals surface area contributed by atoms with E-state index in [-0.39, 0.29) is 0 Å². The van der Waals surface area contributed by atoms with Crippen LogP contribution in [-0.2, 0) is 0 Å². The van der Waals surface area contributed by atoms with Crippen LogP contribution in [0.4, 0.5) is 5.69 Å². The van der Waals surface area contributed by atoms with Gasteiger partial charge in [0.2, 0.25) is 0 Å². The van der Waals surface area contributed by atoms with Gasteiger partial charge in [0, 0.05) is 23.0 Å². The number of anilines is 1. The summed E-state index contributed by atoms with van der Waals surface area (Å²) in [6.45, 7) is 0.